The van der Waals surface area contributed by atoms with E-state index in [9.17, 15) is 13.2 Å². The highest BCUT2D eigenvalue weighted by Gasteiger charge is 2.34. The van der Waals surface area contributed by atoms with Crippen molar-refractivity contribution in [2.45, 2.75) is 45.1 Å². The van der Waals surface area contributed by atoms with Crippen molar-refractivity contribution in [3.05, 3.63) is 34.6 Å². The molecule has 11 heteroatoms. The van der Waals surface area contributed by atoms with Crippen molar-refractivity contribution in [1.29, 1.82) is 0 Å². The van der Waals surface area contributed by atoms with Gasteiger partial charge in [0, 0.05) is 27.2 Å². The zero-order chi connectivity index (χ0) is 23.6. The first-order valence-corrected chi connectivity index (χ1v) is 11.9. The Bertz CT molecular complexity index is 1090. The molecule has 1 fully saturated rings. The fourth-order valence-electron chi connectivity index (χ4n) is 3.98. The van der Waals surface area contributed by atoms with E-state index in [0.29, 0.717) is 23.7 Å². The van der Waals surface area contributed by atoms with Crippen molar-refractivity contribution in [3.8, 4) is 0 Å². The predicted octanol–water partition coefficient (Wildman–Crippen LogP) is 1.59. The van der Waals surface area contributed by atoms with E-state index in [1.165, 1.54) is 4.31 Å². The molecule has 2 aromatic rings. The van der Waals surface area contributed by atoms with E-state index in [4.69, 9.17) is 10.5 Å². The smallest absolute Gasteiger partial charge is 0.309 e. The Labute approximate surface area is 188 Å². The molecule has 32 heavy (non-hydrogen) atoms. The molecule has 1 aliphatic rings. The third kappa shape index (κ3) is 5.16. The molecule has 0 amide bonds. The van der Waals surface area contributed by atoms with Gasteiger partial charge in [0.15, 0.2) is 12.4 Å². The van der Waals surface area contributed by atoms with E-state index in [1.807, 2.05) is 32.9 Å². The number of carbonyl (C=O) groups excluding carboxylic acids is 1. The fraction of sp³-hybridized carbons (Fsp3) is 0.524. The SMILES string of the molecule is Cc1cc(C)c(S(=O)(=O)N2CCC(C(=O)OCc3nc(N)nc(N(C)C)n3)CC2)c(C)c1. The van der Waals surface area contributed by atoms with Gasteiger partial charge in [0.2, 0.25) is 21.9 Å². The molecular weight excluding hydrogens is 432 g/mol. The van der Waals surface area contributed by atoms with Gasteiger partial charge >= 0.3 is 5.97 Å². The van der Waals surface area contributed by atoms with E-state index in [1.54, 1.807) is 19.0 Å². The summed E-state index contributed by atoms with van der Waals surface area (Å²) in [5, 5.41) is 0. The first-order valence-electron chi connectivity index (χ1n) is 10.4. The number of rotatable bonds is 6. The van der Waals surface area contributed by atoms with Gasteiger partial charge in [0.05, 0.1) is 10.8 Å². The van der Waals surface area contributed by atoms with Crippen LogP contribution in [0.25, 0.3) is 0 Å². The second-order valence-electron chi connectivity index (χ2n) is 8.32. The van der Waals surface area contributed by atoms with Crippen molar-refractivity contribution in [1.82, 2.24) is 19.3 Å². The molecule has 1 aliphatic heterocycles. The van der Waals surface area contributed by atoms with Crippen LogP contribution in [-0.4, -0.2) is 60.8 Å². The van der Waals surface area contributed by atoms with Gasteiger partial charge in [0.25, 0.3) is 0 Å². The van der Waals surface area contributed by atoms with Crippen molar-refractivity contribution in [2.75, 3.05) is 37.8 Å². The van der Waals surface area contributed by atoms with E-state index in [-0.39, 0.29) is 37.4 Å². The summed E-state index contributed by atoms with van der Waals surface area (Å²) in [6.45, 7) is 5.97. The Morgan fingerprint density at radius 2 is 1.72 bits per heavy atom. The predicted molar refractivity (Wildman–Crippen MR) is 120 cm³/mol. The van der Waals surface area contributed by atoms with Crippen molar-refractivity contribution in [3.63, 3.8) is 0 Å². The Hall–Kier alpha value is -2.79. The number of sulfonamides is 1. The number of ether oxygens (including phenoxy) is 1. The fourth-order valence-corrected chi connectivity index (χ4v) is 5.86. The van der Waals surface area contributed by atoms with Crippen LogP contribution in [0.3, 0.4) is 0 Å². The highest BCUT2D eigenvalue weighted by atomic mass is 32.2. The Morgan fingerprint density at radius 1 is 1.12 bits per heavy atom. The molecule has 0 saturated carbocycles. The topological polar surface area (TPSA) is 132 Å². The first-order chi connectivity index (χ1) is 15.0. The number of piperidine rings is 1. The molecule has 0 spiro atoms. The van der Waals surface area contributed by atoms with Gasteiger partial charge in [-0.1, -0.05) is 17.7 Å². The van der Waals surface area contributed by atoms with E-state index in [2.05, 4.69) is 15.0 Å². The standard InChI is InChI=1S/C21H30N6O4S/c1-13-10-14(2)18(15(3)11-13)32(29,30)27-8-6-16(7-9-27)19(28)31-12-17-23-20(22)25-21(24-17)26(4)5/h10-11,16H,6-9,12H2,1-5H3,(H2,22,23,24,25). The molecule has 0 atom stereocenters. The molecule has 174 valence electrons. The van der Waals surface area contributed by atoms with E-state index >= 15 is 0 Å². The van der Waals surface area contributed by atoms with Crippen LogP contribution in [0.4, 0.5) is 11.9 Å². The molecule has 0 unspecified atom stereocenters. The van der Waals surface area contributed by atoms with Crippen LogP contribution in [0, 0.1) is 26.7 Å². The summed E-state index contributed by atoms with van der Waals surface area (Å²) < 4.78 is 33.3. The number of hydrogen-bond acceptors (Lipinski definition) is 9. The highest BCUT2D eigenvalue weighted by Crippen LogP contribution is 2.29. The van der Waals surface area contributed by atoms with Gasteiger partial charge in [-0.2, -0.15) is 19.3 Å². The van der Waals surface area contributed by atoms with Crippen LogP contribution in [0.15, 0.2) is 17.0 Å². The zero-order valence-corrected chi connectivity index (χ0v) is 19.9. The summed E-state index contributed by atoms with van der Waals surface area (Å²) in [5.41, 5.74) is 8.18. The third-order valence-corrected chi connectivity index (χ3v) is 7.63. The van der Waals surface area contributed by atoms with Gasteiger partial charge in [-0.25, -0.2) is 8.42 Å². The van der Waals surface area contributed by atoms with E-state index in [0.717, 1.165) is 16.7 Å². The number of esters is 1. The molecule has 0 bridgehead atoms. The lowest BCUT2D eigenvalue weighted by Gasteiger charge is -2.31. The average molecular weight is 463 g/mol. The van der Waals surface area contributed by atoms with Crippen LogP contribution in [-0.2, 0) is 26.2 Å². The molecule has 1 aromatic carbocycles. The highest BCUT2D eigenvalue weighted by molar-refractivity contribution is 7.89. The minimum Gasteiger partial charge on any atom is -0.457 e. The summed E-state index contributed by atoms with van der Waals surface area (Å²) in [5.74, 6) is -0.0807. The van der Waals surface area contributed by atoms with Crippen LogP contribution in [0.2, 0.25) is 0 Å². The van der Waals surface area contributed by atoms with Crippen molar-refractivity contribution >= 4 is 27.9 Å². The Balaban J connectivity index is 1.62. The molecule has 2 heterocycles. The molecular formula is C21H30N6O4S. The Morgan fingerprint density at radius 3 is 2.28 bits per heavy atom. The second-order valence-corrected chi connectivity index (χ2v) is 10.2. The number of hydrogen-bond donors (Lipinski definition) is 1. The summed E-state index contributed by atoms with van der Waals surface area (Å²) >= 11 is 0. The maximum Gasteiger partial charge on any atom is 0.309 e. The molecule has 3 rings (SSSR count). The molecule has 10 nitrogen and oxygen atoms in total. The van der Waals surface area contributed by atoms with Crippen molar-refractivity contribution < 1.29 is 17.9 Å². The number of nitrogen functional groups attached to an aromatic ring is 1. The number of aryl methyl sites for hydroxylation is 3. The number of anilines is 2. The molecule has 0 aliphatic carbocycles. The van der Waals surface area contributed by atoms with Crippen LogP contribution >= 0.6 is 0 Å². The van der Waals surface area contributed by atoms with Crippen LogP contribution < -0.4 is 10.6 Å². The lowest BCUT2D eigenvalue weighted by Crippen LogP contribution is -2.41. The van der Waals surface area contributed by atoms with Gasteiger partial charge < -0.3 is 15.4 Å². The zero-order valence-electron chi connectivity index (χ0n) is 19.1. The first kappa shape index (κ1) is 23.9. The summed E-state index contributed by atoms with van der Waals surface area (Å²) in [6.07, 6.45) is 0.786. The second kappa shape index (κ2) is 9.37. The summed E-state index contributed by atoms with van der Waals surface area (Å²) in [7, 11) is -0.0868. The third-order valence-electron chi connectivity index (χ3n) is 5.42. The largest absolute Gasteiger partial charge is 0.457 e. The van der Waals surface area contributed by atoms with Gasteiger partial charge in [0.1, 0.15) is 0 Å². The average Bonchev–Trinajstić information content (AvgIpc) is 2.70. The maximum atomic E-state index is 13.2. The number of nitrogens with zero attached hydrogens (tertiary/aromatic N) is 5. The minimum atomic E-state index is -3.63. The molecule has 2 N–H and O–H groups in total. The summed E-state index contributed by atoms with van der Waals surface area (Å²) in [4.78, 5) is 26.8. The Kier molecular flexibility index (Phi) is 6.99. The van der Waals surface area contributed by atoms with E-state index < -0.39 is 16.0 Å². The van der Waals surface area contributed by atoms with Gasteiger partial charge in [-0.15, -0.1) is 0 Å². The molecule has 1 saturated heterocycles. The van der Waals surface area contributed by atoms with Crippen LogP contribution in [0.1, 0.15) is 35.4 Å². The lowest BCUT2D eigenvalue weighted by atomic mass is 9.98. The van der Waals surface area contributed by atoms with Crippen LogP contribution in [0.5, 0.6) is 0 Å². The monoisotopic (exact) mass is 462 g/mol. The normalized spacial score (nSPS) is 15.5. The summed E-state index contributed by atoms with van der Waals surface area (Å²) in [6, 6.07) is 3.75. The van der Waals surface area contributed by atoms with Gasteiger partial charge in [-0.05, 0) is 44.7 Å². The van der Waals surface area contributed by atoms with Crippen molar-refractivity contribution in [2.24, 2.45) is 5.92 Å². The number of nitrogens with two attached hydrogens (primary N) is 1. The molecule has 1 aromatic heterocycles. The maximum absolute atomic E-state index is 13.2. The minimum absolute atomic E-state index is 0.0509. The number of carbonyl (C=O) groups is 1. The molecule has 0 radical (unpaired) electrons. The number of benzene rings is 1. The quantitative estimate of drug-likeness (QED) is 0.636. The number of aromatic nitrogens is 3. The lowest BCUT2D eigenvalue weighted by molar-refractivity contribution is -0.151. The van der Waals surface area contributed by atoms with Gasteiger partial charge in [-0.3, -0.25) is 4.79 Å².